The largest absolute Gasteiger partial charge is 0.508 e. The predicted molar refractivity (Wildman–Crippen MR) is 96.0 cm³/mol. The van der Waals surface area contributed by atoms with Crippen molar-refractivity contribution in [1.29, 1.82) is 0 Å². The molecule has 2 aromatic rings. The number of pyridine rings is 1. The second-order valence-electron chi connectivity index (χ2n) is 5.99. The molecule has 0 aliphatic heterocycles. The number of aromatic hydroxyl groups is 1. The molecule has 0 atom stereocenters. The van der Waals surface area contributed by atoms with Crippen LogP contribution in [0.4, 0.5) is 5.69 Å². The standard InChI is InChI=1S/C19H24N2O3/c1-6-13-8-15(22)9-14(7-2)17(13)20-19(24)16-10-21(5)12(4)11(3)18(16)23/h8-10,22H,6-7H2,1-5H3,(H,20,24). The van der Waals surface area contributed by atoms with Crippen LogP contribution in [0, 0.1) is 13.8 Å². The molecule has 5 heteroatoms. The van der Waals surface area contributed by atoms with Gasteiger partial charge in [0, 0.05) is 30.2 Å². The van der Waals surface area contributed by atoms with Gasteiger partial charge in [-0.2, -0.15) is 0 Å². The Hall–Kier alpha value is -2.56. The molecule has 0 radical (unpaired) electrons. The molecule has 0 fully saturated rings. The minimum absolute atomic E-state index is 0.123. The highest BCUT2D eigenvalue weighted by molar-refractivity contribution is 6.05. The van der Waals surface area contributed by atoms with Crippen LogP contribution in [-0.2, 0) is 19.9 Å². The summed E-state index contributed by atoms with van der Waals surface area (Å²) in [5.41, 5.74) is 3.66. The van der Waals surface area contributed by atoms with Gasteiger partial charge >= 0.3 is 0 Å². The molecule has 1 amide bonds. The molecular formula is C19H24N2O3. The van der Waals surface area contributed by atoms with E-state index in [9.17, 15) is 14.7 Å². The molecule has 0 spiro atoms. The zero-order valence-corrected chi connectivity index (χ0v) is 14.9. The molecule has 1 heterocycles. The average molecular weight is 328 g/mol. The maximum atomic E-state index is 12.7. The fourth-order valence-corrected chi connectivity index (χ4v) is 2.79. The van der Waals surface area contributed by atoms with Gasteiger partial charge in [-0.25, -0.2) is 0 Å². The van der Waals surface area contributed by atoms with E-state index in [1.165, 1.54) is 0 Å². The molecule has 0 unspecified atom stereocenters. The smallest absolute Gasteiger partial charge is 0.261 e. The molecule has 0 saturated carbocycles. The Labute approximate surface area is 142 Å². The molecule has 0 aliphatic carbocycles. The van der Waals surface area contributed by atoms with E-state index in [-0.39, 0.29) is 16.7 Å². The lowest BCUT2D eigenvalue weighted by atomic mass is 10.0. The van der Waals surface area contributed by atoms with E-state index in [0.717, 1.165) is 16.8 Å². The van der Waals surface area contributed by atoms with E-state index >= 15 is 0 Å². The van der Waals surface area contributed by atoms with Gasteiger partial charge in [-0.05, 0) is 49.9 Å². The number of aryl methyl sites for hydroxylation is 3. The first kappa shape index (κ1) is 17.8. The van der Waals surface area contributed by atoms with Crippen molar-refractivity contribution in [3.63, 3.8) is 0 Å². The van der Waals surface area contributed by atoms with E-state index in [1.807, 2.05) is 27.8 Å². The quantitative estimate of drug-likeness (QED) is 0.847. The minimum atomic E-state index is -0.422. The Bertz CT molecular complexity index is 825. The molecule has 0 bridgehead atoms. The van der Waals surface area contributed by atoms with Gasteiger partial charge in [0.15, 0.2) is 5.43 Å². The highest BCUT2D eigenvalue weighted by atomic mass is 16.3. The number of nitrogens with one attached hydrogen (secondary N) is 1. The Kier molecular flexibility index (Phi) is 5.12. The zero-order valence-electron chi connectivity index (χ0n) is 14.9. The van der Waals surface area contributed by atoms with Gasteiger partial charge < -0.3 is 15.0 Å². The monoisotopic (exact) mass is 328 g/mol. The normalized spacial score (nSPS) is 10.7. The zero-order chi connectivity index (χ0) is 18.0. The van der Waals surface area contributed by atoms with E-state index in [2.05, 4.69) is 5.32 Å². The third-order valence-corrected chi connectivity index (χ3v) is 4.51. The summed E-state index contributed by atoms with van der Waals surface area (Å²) in [6.45, 7) is 7.49. The van der Waals surface area contributed by atoms with Gasteiger partial charge in [0.1, 0.15) is 11.3 Å². The van der Waals surface area contributed by atoms with Crippen molar-refractivity contribution in [3.05, 3.63) is 56.5 Å². The lowest BCUT2D eigenvalue weighted by molar-refractivity contribution is 0.102. The summed E-state index contributed by atoms with van der Waals surface area (Å²) in [6.07, 6.45) is 2.90. The molecule has 0 aliphatic rings. The number of aromatic nitrogens is 1. The molecule has 0 saturated heterocycles. The van der Waals surface area contributed by atoms with Crippen molar-refractivity contribution in [2.75, 3.05) is 5.32 Å². The lowest BCUT2D eigenvalue weighted by Gasteiger charge is -2.16. The lowest BCUT2D eigenvalue weighted by Crippen LogP contribution is -2.26. The van der Waals surface area contributed by atoms with Crippen LogP contribution < -0.4 is 10.7 Å². The Morgan fingerprint density at radius 1 is 1.17 bits per heavy atom. The van der Waals surface area contributed by atoms with Crippen molar-refractivity contribution in [1.82, 2.24) is 4.57 Å². The molecule has 1 aromatic carbocycles. The summed E-state index contributed by atoms with van der Waals surface area (Å²) in [4.78, 5) is 25.1. The van der Waals surface area contributed by atoms with Crippen molar-refractivity contribution in [3.8, 4) is 5.75 Å². The fraction of sp³-hybridized carbons (Fsp3) is 0.368. The van der Waals surface area contributed by atoms with Gasteiger partial charge in [0.2, 0.25) is 0 Å². The molecule has 1 aromatic heterocycles. The number of carbonyl (C=O) groups is 1. The second-order valence-corrected chi connectivity index (χ2v) is 5.99. The van der Waals surface area contributed by atoms with Crippen LogP contribution >= 0.6 is 0 Å². The molecular weight excluding hydrogens is 304 g/mol. The maximum absolute atomic E-state index is 12.7. The number of benzene rings is 1. The number of phenolic OH excluding ortho intramolecular Hbond substituents is 1. The van der Waals surface area contributed by atoms with Gasteiger partial charge in [-0.1, -0.05) is 13.8 Å². The highest BCUT2D eigenvalue weighted by Gasteiger charge is 2.18. The third-order valence-electron chi connectivity index (χ3n) is 4.51. The fourth-order valence-electron chi connectivity index (χ4n) is 2.79. The van der Waals surface area contributed by atoms with E-state index in [4.69, 9.17) is 0 Å². The highest BCUT2D eigenvalue weighted by Crippen LogP contribution is 2.28. The molecule has 128 valence electrons. The minimum Gasteiger partial charge on any atom is -0.508 e. The van der Waals surface area contributed by atoms with Crippen molar-refractivity contribution in [2.24, 2.45) is 7.05 Å². The summed E-state index contributed by atoms with van der Waals surface area (Å²) in [7, 11) is 1.81. The number of rotatable bonds is 4. The van der Waals surface area contributed by atoms with E-state index in [0.29, 0.717) is 24.1 Å². The Balaban J connectivity index is 2.50. The van der Waals surface area contributed by atoms with Crippen molar-refractivity contribution >= 4 is 11.6 Å². The maximum Gasteiger partial charge on any atom is 0.261 e. The van der Waals surface area contributed by atoms with Crippen molar-refractivity contribution in [2.45, 2.75) is 40.5 Å². The molecule has 24 heavy (non-hydrogen) atoms. The van der Waals surface area contributed by atoms with Crippen LogP contribution in [0.1, 0.15) is 46.6 Å². The first-order valence-corrected chi connectivity index (χ1v) is 8.13. The number of hydrogen-bond donors (Lipinski definition) is 2. The van der Waals surface area contributed by atoms with Crippen LogP contribution in [0.5, 0.6) is 5.75 Å². The number of phenols is 1. The summed E-state index contributed by atoms with van der Waals surface area (Å²) < 4.78 is 1.78. The van der Waals surface area contributed by atoms with Gasteiger partial charge in [-0.15, -0.1) is 0 Å². The SMILES string of the molecule is CCc1cc(O)cc(CC)c1NC(=O)c1cn(C)c(C)c(C)c1=O. The molecule has 2 N–H and O–H groups in total. The predicted octanol–water partition coefficient (Wildman–Crippen LogP) is 3.08. The van der Waals surface area contributed by atoms with Gasteiger partial charge in [-0.3, -0.25) is 9.59 Å². The Morgan fingerprint density at radius 3 is 2.21 bits per heavy atom. The summed E-state index contributed by atoms with van der Waals surface area (Å²) in [5, 5.41) is 12.7. The van der Waals surface area contributed by atoms with Crippen LogP contribution in [0.25, 0.3) is 0 Å². The number of hydrogen-bond acceptors (Lipinski definition) is 3. The summed E-state index contributed by atoms with van der Waals surface area (Å²) in [5.74, 6) is -0.238. The average Bonchev–Trinajstić information content (AvgIpc) is 2.56. The van der Waals surface area contributed by atoms with Crippen molar-refractivity contribution < 1.29 is 9.90 Å². The number of nitrogens with zero attached hydrogens (tertiary/aromatic N) is 1. The van der Waals surface area contributed by atoms with Crippen LogP contribution in [0.2, 0.25) is 0 Å². The number of carbonyl (C=O) groups excluding carboxylic acids is 1. The van der Waals surface area contributed by atoms with E-state index < -0.39 is 5.91 Å². The first-order valence-electron chi connectivity index (χ1n) is 8.13. The van der Waals surface area contributed by atoms with Crippen LogP contribution in [0.3, 0.4) is 0 Å². The molecule has 5 nitrogen and oxygen atoms in total. The van der Waals surface area contributed by atoms with Gasteiger partial charge in [0.05, 0.1) is 0 Å². The third kappa shape index (κ3) is 3.20. The summed E-state index contributed by atoms with van der Waals surface area (Å²) >= 11 is 0. The molecule has 2 rings (SSSR count). The summed E-state index contributed by atoms with van der Waals surface area (Å²) in [6, 6.07) is 3.29. The second kappa shape index (κ2) is 6.91. The van der Waals surface area contributed by atoms with Gasteiger partial charge in [0.25, 0.3) is 5.91 Å². The van der Waals surface area contributed by atoms with Crippen LogP contribution in [-0.4, -0.2) is 15.6 Å². The Morgan fingerprint density at radius 2 is 1.71 bits per heavy atom. The number of anilines is 1. The topological polar surface area (TPSA) is 71.3 Å². The number of amides is 1. The van der Waals surface area contributed by atoms with Crippen LogP contribution in [0.15, 0.2) is 23.1 Å². The first-order chi connectivity index (χ1) is 11.3. The van der Waals surface area contributed by atoms with E-state index in [1.54, 1.807) is 29.8 Å².